The summed E-state index contributed by atoms with van der Waals surface area (Å²) in [5.41, 5.74) is 2.77. The molecule has 0 bridgehead atoms. The minimum Gasteiger partial charge on any atom is -0.494 e. The molecule has 0 saturated carbocycles. The number of carbonyl (C=O) groups excluding carboxylic acids is 1. The molecule has 4 heteroatoms. The molecule has 0 aromatic heterocycles. The normalized spacial score (nSPS) is 11.1. The fraction of sp³-hybridized carbons (Fsp3) is 0.409. The van der Waals surface area contributed by atoms with Gasteiger partial charge < -0.3 is 14.8 Å². The van der Waals surface area contributed by atoms with Crippen molar-refractivity contribution in [2.24, 2.45) is 0 Å². The predicted molar refractivity (Wildman–Crippen MR) is 105 cm³/mol. The molecular formula is C22H29NO3. The zero-order valence-electron chi connectivity index (χ0n) is 16.2. The van der Waals surface area contributed by atoms with Gasteiger partial charge in [0.05, 0.1) is 6.61 Å². The molecule has 0 heterocycles. The van der Waals surface area contributed by atoms with Crippen LogP contribution >= 0.6 is 0 Å². The van der Waals surface area contributed by atoms with Crippen molar-refractivity contribution in [2.45, 2.75) is 52.7 Å². The van der Waals surface area contributed by atoms with Gasteiger partial charge >= 0.3 is 6.09 Å². The maximum Gasteiger partial charge on any atom is 0.407 e. The van der Waals surface area contributed by atoms with E-state index in [0.29, 0.717) is 6.54 Å². The van der Waals surface area contributed by atoms with Crippen LogP contribution < -0.4 is 10.1 Å². The van der Waals surface area contributed by atoms with Crippen LogP contribution in [0.2, 0.25) is 0 Å². The Morgan fingerprint density at radius 1 is 1.04 bits per heavy atom. The summed E-state index contributed by atoms with van der Waals surface area (Å²) in [5.74, 6) is 0.895. The number of amides is 1. The van der Waals surface area contributed by atoms with Crippen LogP contribution in [0.4, 0.5) is 4.79 Å². The molecule has 0 fully saturated rings. The molecule has 0 unspecified atom stereocenters. The molecule has 2 aromatic rings. The first-order valence-corrected chi connectivity index (χ1v) is 9.16. The first kappa shape index (κ1) is 19.8. The predicted octanol–water partition coefficient (Wildman–Crippen LogP) is 5.56. The van der Waals surface area contributed by atoms with Crippen LogP contribution in [0.15, 0.2) is 48.5 Å². The minimum atomic E-state index is -0.488. The second-order valence-electron chi connectivity index (χ2n) is 7.28. The van der Waals surface area contributed by atoms with Crippen molar-refractivity contribution in [3.8, 4) is 16.9 Å². The molecule has 0 aliphatic rings. The Balaban J connectivity index is 1.94. The highest BCUT2D eigenvalue weighted by atomic mass is 16.6. The van der Waals surface area contributed by atoms with Gasteiger partial charge in [0, 0.05) is 6.54 Å². The third-order valence-electron chi connectivity index (χ3n) is 3.72. The SMILES string of the molecule is CCCCOc1cccc(-c2ccc(CNC(=O)OC(C)(C)C)cc2)c1. The molecular weight excluding hydrogens is 326 g/mol. The fourth-order valence-corrected chi connectivity index (χ4v) is 2.40. The molecule has 26 heavy (non-hydrogen) atoms. The molecule has 4 nitrogen and oxygen atoms in total. The molecule has 2 aromatic carbocycles. The van der Waals surface area contributed by atoms with Gasteiger partial charge in [0.1, 0.15) is 11.4 Å². The summed E-state index contributed by atoms with van der Waals surface area (Å²) in [6.45, 7) is 8.88. The number of hydrogen-bond donors (Lipinski definition) is 1. The lowest BCUT2D eigenvalue weighted by Gasteiger charge is -2.19. The second-order valence-corrected chi connectivity index (χ2v) is 7.28. The highest BCUT2D eigenvalue weighted by Gasteiger charge is 2.15. The zero-order valence-corrected chi connectivity index (χ0v) is 16.2. The number of carbonyl (C=O) groups is 1. The molecule has 0 saturated heterocycles. The maximum absolute atomic E-state index is 11.7. The van der Waals surface area contributed by atoms with Gasteiger partial charge in [0.25, 0.3) is 0 Å². The molecule has 0 spiro atoms. The van der Waals surface area contributed by atoms with E-state index < -0.39 is 11.7 Å². The number of rotatable bonds is 7. The smallest absolute Gasteiger partial charge is 0.407 e. The maximum atomic E-state index is 11.7. The van der Waals surface area contributed by atoms with E-state index in [4.69, 9.17) is 9.47 Å². The van der Waals surface area contributed by atoms with E-state index in [0.717, 1.165) is 41.9 Å². The standard InChI is InChI=1S/C22H29NO3/c1-5-6-14-25-20-9-7-8-19(15-20)18-12-10-17(11-13-18)16-23-21(24)26-22(2,3)4/h7-13,15H,5-6,14,16H2,1-4H3,(H,23,24). The number of alkyl carbamates (subject to hydrolysis) is 1. The van der Waals surface area contributed by atoms with Crippen LogP contribution in [0.1, 0.15) is 46.1 Å². The lowest BCUT2D eigenvalue weighted by molar-refractivity contribution is 0.0523. The third-order valence-corrected chi connectivity index (χ3v) is 3.72. The first-order valence-electron chi connectivity index (χ1n) is 9.16. The monoisotopic (exact) mass is 355 g/mol. The summed E-state index contributed by atoms with van der Waals surface area (Å²) in [6, 6.07) is 16.3. The Bertz CT molecular complexity index is 702. The lowest BCUT2D eigenvalue weighted by atomic mass is 10.0. The largest absolute Gasteiger partial charge is 0.494 e. The summed E-state index contributed by atoms with van der Waals surface area (Å²) < 4.78 is 11.0. The van der Waals surface area contributed by atoms with Gasteiger partial charge in [-0.25, -0.2) is 4.79 Å². The highest BCUT2D eigenvalue weighted by Crippen LogP contribution is 2.24. The minimum absolute atomic E-state index is 0.404. The van der Waals surface area contributed by atoms with Crippen LogP contribution in [0.25, 0.3) is 11.1 Å². The van der Waals surface area contributed by atoms with E-state index in [1.54, 1.807) is 0 Å². The van der Waals surface area contributed by atoms with Crippen molar-refractivity contribution in [2.75, 3.05) is 6.61 Å². The van der Waals surface area contributed by atoms with E-state index in [1.807, 2.05) is 45.0 Å². The summed E-state index contributed by atoms with van der Waals surface area (Å²) in [4.78, 5) is 11.7. The van der Waals surface area contributed by atoms with Crippen LogP contribution in [0.3, 0.4) is 0 Å². The van der Waals surface area contributed by atoms with Gasteiger partial charge in [-0.1, -0.05) is 49.7 Å². The first-order chi connectivity index (χ1) is 12.4. The number of hydrogen-bond acceptors (Lipinski definition) is 3. The molecule has 0 aliphatic heterocycles. The number of nitrogens with one attached hydrogen (secondary N) is 1. The molecule has 0 aliphatic carbocycles. The summed E-state index contributed by atoms with van der Waals surface area (Å²) >= 11 is 0. The zero-order chi connectivity index (χ0) is 19.0. The highest BCUT2D eigenvalue weighted by molar-refractivity contribution is 5.68. The molecule has 140 valence electrons. The van der Waals surface area contributed by atoms with Crippen LogP contribution in [-0.2, 0) is 11.3 Å². The average Bonchev–Trinajstić information content (AvgIpc) is 2.59. The Labute approximate surface area is 156 Å². The Morgan fingerprint density at radius 3 is 2.42 bits per heavy atom. The van der Waals surface area contributed by atoms with Crippen molar-refractivity contribution in [3.05, 3.63) is 54.1 Å². The molecule has 2 rings (SSSR count). The fourth-order valence-electron chi connectivity index (χ4n) is 2.40. The van der Waals surface area contributed by atoms with E-state index in [-0.39, 0.29) is 0 Å². The summed E-state index contributed by atoms with van der Waals surface area (Å²) in [5, 5.41) is 2.77. The van der Waals surface area contributed by atoms with Crippen LogP contribution in [0.5, 0.6) is 5.75 Å². The van der Waals surface area contributed by atoms with Crippen molar-refractivity contribution < 1.29 is 14.3 Å². The van der Waals surface area contributed by atoms with Crippen molar-refractivity contribution in [1.82, 2.24) is 5.32 Å². The number of ether oxygens (including phenoxy) is 2. The molecule has 0 radical (unpaired) electrons. The van der Waals surface area contributed by atoms with E-state index in [2.05, 4.69) is 36.5 Å². The second kappa shape index (κ2) is 9.27. The quantitative estimate of drug-likeness (QED) is 0.662. The topological polar surface area (TPSA) is 47.6 Å². The number of benzene rings is 2. The van der Waals surface area contributed by atoms with Gasteiger partial charge in [-0.15, -0.1) is 0 Å². The lowest BCUT2D eigenvalue weighted by Crippen LogP contribution is -2.32. The van der Waals surface area contributed by atoms with Crippen molar-refractivity contribution >= 4 is 6.09 Å². The van der Waals surface area contributed by atoms with E-state index >= 15 is 0 Å². The Morgan fingerprint density at radius 2 is 1.77 bits per heavy atom. The van der Waals surface area contributed by atoms with Gasteiger partial charge in [-0.05, 0) is 56.0 Å². The van der Waals surface area contributed by atoms with Crippen molar-refractivity contribution in [1.29, 1.82) is 0 Å². The van der Waals surface area contributed by atoms with E-state index in [1.165, 1.54) is 0 Å². The van der Waals surface area contributed by atoms with E-state index in [9.17, 15) is 4.79 Å². The van der Waals surface area contributed by atoms with Crippen molar-refractivity contribution in [3.63, 3.8) is 0 Å². The van der Waals surface area contributed by atoms with Crippen LogP contribution in [-0.4, -0.2) is 18.3 Å². The molecule has 1 amide bonds. The van der Waals surface area contributed by atoms with Gasteiger partial charge in [-0.3, -0.25) is 0 Å². The van der Waals surface area contributed by atoms with Gasteiger partial charge in [0.15, 0.2) is 0 Å². The average molecular weight is 355 g/mol. The summed E-state index contributed by atoms with van der Waals surface area (Å²) in [6.07, 6.45) is 1.78. The van der Waals surface area contributed by atoms with Gasteiger partial charge in [0.2, 0.25) is 0 Å². The third kappa shape index (κ3) is 6.79. The Kier molecular flexibility index (Phi) is 7.07. The molecule has 0 atom stereocenters. The number of unbranched alkanes of at least 4 members (excludes halogenated alkanes) is 1. The summed E-state index contributed by atoms with van der Waals surface area (Å²) in [7, 11) is 0. The van der Waals surface area contributed by atoms with Gasteiger partial charge in [-0.2, -0.15) is 0 Å². The molecule has 1 N–H and O–H groups in total. The Hall–Kier alpha value is -2.49. The van der Waals surface area contributed by atoms with Crippen LogP contribution in [0, 0.1) is 0 Å².